The number of rotatable bonds is 4. The van der Waals surface area contributed by atoms with Crippen LogP contribution in [0.3, 0.4) is 0 Å². The number of pyridine rings is 1. The van der Waals surface area contributed by atoms with Crippen molar-refractivity contribution in [3.05, 3.63) is 63.3 Å². The summed E-state index contributed by atoms with van der Waals surface area (Å²) in [6, 6.07) is 10.0. The van der Waals surface area contributed by atoms with Gasteiger partial charge in [0, 0.05) is 24.4 Å². The van der Waals surface area contributed by atoms with E-state index in [2.05, 4.69) is 15.4 Å². The molecule has 0 aliphatic rings. The third kappa shape index (κ3) is 2.77. The fourth-order valence-electron chi connectivity index (χ4n) is 1.95. The number of aromatic nitrogens is 3. The molecule has 0 saturated heterocycles. The van der Waals surface area contributed by atoms with E-state index >= 15 is 0 Å². The number of nitrogens with zero attached hydrogens (tertiary/aromatic N) is 4. The summed E-state index contributed by atoms with van der Waals surface area (Å²) < 4.78 is 1.55. The number of nitro groups is 1. The normalized spacial score (nSPS) is 10.7. The molecule has 0 radical (unpaired) electrons. The van der Waals surface area contributed by atoms with Crippen molar-refractivity contribution in [3.8, 4) is 0 Å². The van der Waals surface area contributed by atoms with Gasteiger partial charge in [0.15, 0.2) is 5.65 Å². The molecule has 2 aromatic heterocycles. The summed E-state index contributed by atoms with van der Waals surface area (Å²) in [6.07, 6.45) is 1.64. The van der Waals surface area contributed by atoms with Crippen molar-refractivity contribution in [2.24, 2.45) is 0 Å². The second-order valence-corrected chi connectivity index (χ2v) is 4.76. The van der Waals surface area contributed by atoms with Gasteiger partial charge in [0.2, 0.25) is 5.95 Å². The highest BCUT2D eigenvalue weighted by Gasteiger charge is 2.12. The second-order valence-electron chi connectivity index (χ2n) is 4.32. The smallest absolute Gasteiger partial charge is 0.274 e. The molecule has 21 heavy (non-hydrogen) atoms. The molecule has 0 bridgehead atoms. The minimum Gasteiger partial charge on any atom is -0.349 e. The molecule has 8 heteroatoms. The van der Waals surface area contributed by atoms with Crippen LogP contribution in [0.4, 0.5) is 11.6 Å². The lowest BCUT2D eigenvalue weighted by atomic mass is 10.2. The van der Waals surface area contributed by atoms with E-state index in [0.717, 1.165) is 0 Å². The first-order valence-corrected chi connectivity index (χ1v) is 6.49. The Morgan fingerprint density at radius 1 is 1.29 bits per heavy atom. The van der Waals surface area contributed by atoms with Gasteiger partial charge in [-0.15, -0.1) is 5.10 Å². The van der Waals surface area contributed by atoms with Crippen LogP contribution in [0.1, 0.15) is 5.56 Å². The molecule has 0 fully saturated rings. The van der Waals surface area contributed by atoms with Gasteiger partial charge in [0.05, 0.1) is 9.95 Å². The minimum absolute atomic E-state index is 0.0665. The van der Waals surface area contributed by atoms with Crippen LogP contribution in [0.2, 0.25) is 5.02 Å². The summed E-state index contributed by atoms with van der Waals surface area (Å²) >= 11 is 5.87. The van der Waals surface area contributed by atoms with Crippen LogP contribution in [-0.2, 0) is 6.54 Å². The van der Waals surface area contributed by atoms with Gasteiger partial charge < -0.3 is 5.32 Å². The summed E-state index contributed by atoms with van der Waals surface area (Å²) in [7, 11) is 0. The van der Waals surface area contributed by atoms with Gasteiger partial charge in [-0.2, -0.15) is 4.98 Å². The lowest BCUT2D eigenvalue weighted by molar-refractivity contribution is -0.385. The molecule has 0 aliphatic carbocycles. The maximum Gasteiger partial charge on any atom is 0.274 e. The molecular formula is C13H10ClN5O2. The number of benzene rings is 1. The topological polar surface area (TPSA) is 85.4 Å². The van der Waals surface area contributed by atoms with E-state index in [-0.39, 0.29) is 12.2 Å². The van der Waals surface area contributed by atoms with Crippen molar-refractivity contribution >= 4 is 28.9 Å². The molecular weight excluding hydrogens is 294 g/mol. The van der Waals surface area contributed by atoms with Gasteiger partial charge in [0.25, 0.3) is 5.69 Å². The Morgan fingerprint density at radius 2 is 2.10 bits per heavy atom. The van der Waals surface area contributed by atoms with Gasteiger partial charge >= 0.3 is 0 Å². The molecule has 0 aliphatic heterocycles. The first-order valence-electron chi connectivity index (χ1n) is 6.11. The van der Waals surface area contributed by atoms with Gasteiger partial charge in [-0.1, -0.05) is 29.8 Å². The average Bonchev–Trinajstić information content (AvgIpc) is 2.87. The number of halogens is 1. The quantitative estimate of drug-likeness (QED) is 0.591. The zero-order valence-corrected chi connectivity index (χ0v) is 11.5. The van der Waals surface area contributed by atoms with Crippen LogP contribution in [0.25, 0.3) is 5.65 Å². The largest absolute Gasteiger partial charge is 0.349 e. The lowest BCUT2D eigenvalue weighted by Crippen LogP contribution is -2.04. The predicted molar refractivity (Wildman–Crippen MR) is 78.4 cm³/mol. The van der Waals surface area contributed by atoms with Crippen molar-refractivity contribution in [1.29, 1.82) is 0 Å². The van der Waals surface area contributed by atoms with Gasteiger partial charge in [-0.3, -0.25) is 10.1 Å². The summed E-state index contributed by atoms with van der Waals surface area (Å²) in [6.45, 7) is 0.266. The molecule has 0 unspecified atom stereocenters. The van der Waals surface area contributed by atoms with Gasteiger partial charge in [0.1, 0.15) is 0 Å². The Hall–Kier alpha value is -2.67. The standard InChI is InChI=1S/C13H10ClN5O2/c14-10-5-6-12-16-13(17-18(12)8-10)15-7-9-3-1-2-4-11(9)19(20)21/h1-6,8H,7H2,(H,15,17). The Labute approximate surface area is 124 Å². The van der Waals surface area contributed by atoms with Crippen molar-refractivity contribution in [2.45, 2.75) is 6.54 Å². The molecule has 2 heterocycles. The van der Waals surface area contributed by atoms with Crippen LogP contribution in [0, 0.1) is 10.1 Å². The van der Waals surface area contributed by atoms with Crippen molar-refractivity contribution in [3.63, 3.8) is 0 Å². The Bertz CT molecular complexity index is 817. The molecule has 0 amide bonds. The van der Waals surface area contributed by atoms with E-state index < -0.39 is 4.92 Å². The molecule has 0 atom stereocenters. The third-order valence-electron chi connectivity index (χ3n) is 2.92. The highest BCUT2D eigenvalue weighted by molar-refractivity contribution is 6.30. The summed E-state index contributed by atoms with van der Waals surface area (Å²) in [5, 5.41) is 18.7. The second kappa shape index (κ2) is 5.37. The van der Waals surface area contributed by atoms with E-state index in [1.165, 1.54) is 6.07 Å². The molecule has 3 aromatic rings. The number of hydrogen-bond donors (Lipinski definition) is 1. The predicted octanol–water partition coefficient (Wildman–Crippen LogP) is 2.90. The Kier molecular flexibility index (Phi) is 3.41. The van der Waals surface area contributed by atoms with E-state index in [1.54, 1.807) is 41.0 Å². The molecule has 1 aromatic carbocycles. The minimum atomic E-state index is -0.409. The molecule has 1 N–H and O–H groups in total. The fraction of sp³-hybridized carbons (Fsp3) is 0.0769. The van der Waals surface area contributed by atoms with E-state index in [9.17, 15) is 10.1 Å². The van der Waals surface area contributed by atoms with Crippen LogP contribution in [0.5, 0.6) is 0 Å². The maximum atomic E-state index is 10.9. The zero-order chi connectivity index (χ0) is 14.8. The van der Waals surface area contributed by atoms with E-state index in [4.69, 9.17) is 11.6 Å². The molecule has 0 saturated carbocycles. The number of para-hydroxylation sites is 1. The number of fused-ring (bicyclic) bond motifs is 1. The van der Waals surface area contributed by atoms with Gasteiger partial charge in [-0.05, 0) is 12.1 Å². The van der Waals surface area contributed by atoms with E-state index in [1.807, 2.05) is 0 Å². The molecule has 106 valence electrons. The van der Waals surface area contributed by atoms with Crippen LogP contribution in [0.15, 0.2) is 42.6 Å². The number of nitrogens with one attached hydrogen (secondary N) is 1. The maximum absolute atomic E-state index is 10.9. The molecule has 7 nitrogen and oxygen atoms in total. The fourth-order valence-corrected chi connectivity index (χ4v) is 2.10. The monoisotopic (exact) mass is 303 g/mol. The summed E-state index contributed by atoms with van der Waals surface area (Å²) in [5.41, 5.74) is 1.28. The molecule has 0 spiro atoms. The number of nitro benzene ring substituents is 1. The van der Waals surface area contributed by atoms with Crippen LogP contribution in [-0.4, -0.2) is 19.5 Å². The lowest BCUT2D eigenvalue weighted by Gasteiger charge is -2.02. The highest BCUT2D eigenvalue weighted by Crippen LogP contribution is 2.19. The average molecular weight is 304 g/mol. The Balaban J connectivity index is 1.82. The third-order valence-corrected chi connectivity index (χ3v) is 3.14. The first kappa shape index (κ1) is 13.3. The van der Waals surface area contributed by atoms with Crippen LogP contribution >= 0.6 is 11.6 Å². The summed E-state index contributed by atoms with van der Waals surface area (Å²) in [4.78, 5) is 14.8. The summed E-state index contributed by atoms with van der Waals surface area (Å²) in [5.74, 6) is 0.385. The number of anilines is 1. The highest BCUT2D eigenvalue weighted by atomic mass is 35.5. The molecule has 3 rings (SSSR count). The first-order chi connectivity index (χ1) is 10.1. The van der Waals surface area contributed by atoms with Crippen molar-refractivity contribution in [1.82, 2.24) is 14.6 Å². The Morgan fingerprint density at radius 3 is 2.90 bits per heavy atom. The number of hydrogen-bond acceptors (Lipinski definition) is 5. The van der Waals surface area contributed by atoms with Crippen molar-refractivity contribution in [2.75, 3.05) is 5.32 Å². The SMILES string of the molecule is O=[N+]([O-])c1ccccc1CNc1nc2ccc(Cl)cn2n1. The van der Waals surface area contributed by atoms with E-state index in [0.29, 0.717) is 22.2 Å². The zero-order valence-electron chi connectivity index (χ0n) is 10.7. The van der Waals surface area contributed by atoms with Crippen LogP contribution < -0.4 is 5.32 Å². The van der Waals surface area contributed by atoms with Crippen molar-refractivity contribution < 1.29 is 4.92 Å². The van der Waals surface area contributed by atoms with Gasteiger partial charge in [-0.25, -0.2) is 4.52 Å².